The third-order valence-corrected chi connectivity index (χ3v) is 3.17. The Kier molecular flexibility index (Phi) is 3.55. The second-order valence-corrected chi connectivity index (χ2v) is 4.44. The van der Waals surface area contributed by atoms with E-state index in [0.29, 0.717) is 19.5 Å². The predicted molar refractivity (Wildman–Crippen MR) is 62.9 cm³/mol. The highest BCUT2D eigenvalue weighted by atomic mass is 16.4. The summed E-state index contributed by atoms with van der Waals surface area (Å²) >= 11 is 0. The first kappa shape index (κ1) is 12.5. The summed E-state index contributed by atoms with van der Waals surface area (Å²) in [4.78, 5) is 25.8. The van der Waals surface area contributed by atoms with Gasteiger partial charge in [0, 0.05) is 20.0 Å². The average molecular weight is 252 g/mol. The van der Waals surface area contributed by atoms with Gasteiger partial charge in [-0.05, 0) is 18.6 Å². The van der Waals surface area contributed by atoms with Crippen molar-refractivity contribution in [3.63, 3.8) is 0 Å². The Morgan fingerprint density at radius 3 is 3.00 bits per heavy atom. The number of aliphatic carboxylic acids is 1. The Labute approximate surface area is 105 Å². The Balaban J connectivity index is 1.94. The molecule has 98 valence electrons. The summed E-state index contributed by atoms with van der Waals surface area (Å²) in [7, 11) is 1.71. The van der Waals surface area contributed by atoms with Crippen LogP contribution >= 0.6 is 0 Å². The lowest BCUT2D eigenvalue weighted by Gasteiger charge is -2.16. The van der Waals surface area contributed by atoms with Crippen molar-refractivity contribution in [2.24, 2.45) is 0 Å². The lowest BCUT2D eigenvalue weighted by Crippen LogP contribution is -2.31. The van der Waals surface area contributed by atoms with E-state index in [1.807, 2.05) is 6.07 Å². The monoisotopic (exact) mass is 252 g/mol. The van der Waals surface area contributed by atoms with Gasteiger partial charge in [0.05, 0.1) is 18.8 Å². The summed E-state index contributed by atoms with van der Waals surface area (Å²) in [6, 6.07) is 3.48. The molecule has 0 spiro atoms. The largest absolute Gasteiger partial charge is 0.481 e. The molecular weight excluding hydrogens is 236 g/mol. The highest BCUT2D eigenvalue weighted by molar-refractivity contribution is 5.77. The average Bonchev–Trinajstić information content (AvgIpc) is 2.91. The van der Waals surface area contributed by atoms with Crippen LogP contribution in [0.25, 0.3) is 0 Å². The molecule has 1 unspecified atom stereocenters. The summed E-state index contributed by atoms with van der Waals surface area (Å²) < 4.78 is 5.21. The van der Waals surface area contributed by atoms with Gasteiger partial charge in [0.25, 0.3) is 0 Å². The fourth-order valence-corrected chi connectivity index (χ4v) is 2.13. The van der Waals surface area contributed by atoms with Crippen molar-refractivity contribution in [3.05, 3.63) is 24.2 Å². The molecule has 2 amide bonds. The van der Waals surface area contributed by atoms with Crippen LogP contribution in [0.15, 0.2) is 22.8 Å². The first-order valence-electron chi connectivity index (χ1n) is 5.84. The maximum atomic E-state index is 11.9. The van der Waals surface area contributed by atoms with Gasteiger partial charge in [-0.2, -0.15) is 0 Å². The van der Waals surface area contributed by atoms with Gasteiger partial charge in [0.2, 0.25) is 0 Å². The van der Waals surface area contributed by atoms with E-state index in [1.165, 1.54) is 0 Å². The number of hydrogen-bond acceptors (Lipinski definition) is 3. The Hall–Kier alpha value is -1.98. The molecule has 0 bridgehead atoms. The maximum Gasteiger partial charge on any atom is 0.320 e. The number of amides is 2. The number of carboxylic acids is 1. The number of carbonyl (C=O) groups is 2. The molecule has 6 heteroatoms. The molecule has 1 N–H and O–H groups in total. The second kappa shape index (κ2) is 5.12. The third-order valence-electron chi connectivity index (χ3n) is 3.17. The number of furan rings is 1. The van der Waals surface area contributed by atoms with Gasteiger partial charge >= 0.3 is 12.0 Å². The zero-order valence-electron chi connectivity index (χ0n) is 10.2. The quantitative estimate of drug-likeness (QED) is 0.859. The molecule has 1 fully saturated rings. The standard InChI is InChI=1S/C12H16N2O4/c1-13-9(4-5-11(15)16)7-14(12(13)17)8-10-3-2-6-18-10/h2-3,6,9H,4-5,7-8H2,1H3,(H,15,16). The number of nitrogens with zero attached hydrogens (tertiary/aromatic N) is 2. The molecule has 1 aromatic heterocycles. The molecule has 1 saturated heterocycles. The lowest BCUT2D eigenvalue weighted by atomic mass is 10.1. The molecule has 6 nitrogen and oxygen atoms in total. The van der Waals surface area contributed by atoms with Crippen molar-refractivity contribution < 1.29 is 19.1 Å². The Morgan fingerprint density at radius 2 is 2.39 bits per heavy atom. The predicted octanol–water partition coefficient (Wildman–Crippen LogP) is 1.38. The van der Waals surface area contributed by atoms with Crippen LogP contribution in [0.1, 0.15) is 18.6 Å². The first-order chi connectivity index (χ1) is 8.58. The van der Waals surface area contributed by atoms with Crippen LogP contribution in [-0.4, -0.2) is 46.5 Å². The van der Waals surface area contributed by atoms with Gasteiger partial charge in [0.1, 0.15) is 5.76 Å². The van der Waals surface area contributed by atoms with E-state index in [1.54, 1.807) is 29.2 Å². The number of rotatable bonds is 5. The number of hydrogen-bond donors (Lipinski definition) is 1. The van der Waals surface area contributed by atoms with E-state index in [4.69, 9.17) is 9.52 Å². The van der Waals surface area contributed by atoms with Crippen molar-refractivity contribution in [2.75, 3.05) is 13.6 Å². The molecule has 1 aliphatic heterocycles. The molecular formula is C12H16N2O4. The Bertz CT molecular complexity index is 429. The van der Waals surface area contributed by atoms with Crippen molar-refractivity contribution >= 4 is 12.0 Å². The number of likely N-dealkylation sites (N-methyl/N-ethyl adjacent to an activating group) is 1. The third kappa shape index (κ3) is 2.64. The molecule has 2 heterocycles. The van der Waals surface area contributed by atoms with Gasteiger partial charge in [-0.1, -0.05) is 0 Å². The van der Waals surface area contributed by atoms with Gasteiger partial charge in [-0.25, -0.2) is 4.79 Å². The number of carbonyl (C=O) groups excluding carboxylic acids is 1. The van der Waals surface area contributed by atoms with E-state index < -0.39 is 5.97 Å². The number of carboxylic acid groups (broad SMARTS) is 1. The van der Waals surface area contributed by atoms with Crippen LogP contribution in [0.2, 0.25) is 0 Å². The minimum absolute atomic E-state index is 0.0384. The van der Waals surface area contributed by atoms with Crippen molar-refractivity contribution in [1.29, 1.82) is 0 Å². The summed E-state index contributed by atoms with van der Waals surface area (Å²) in [5, 5.41) is 8.67. The van der Waals surface area contributed by atoms with E-state index in [2.05, 4.69) is 0 Å². The van der Waals surface area contributed by atoms with Crippen LogP contribution in [0.3, 0.4) is 0 Å². The molecule has 0 saturated carbocycles. The van der Waals surface area contributed by atoms with Crippen LogP contribution in [0.5, 0.6) is 0 Å². The van der Waals surface area contributed by atoms with Gasteiger partial charge in [-0.3, -0.25) is 4.79 Å². The first-order valence-corrected chi connectivity index (χ1v) is 5.84. The highest BCUT2D eigenvalue weighted by Gasteiger charge is 2.34. The summed E-state index contributed by atoms with van der Waals surface area (Å²) in [6.07, 6.45) is 2.13. The SMILES string of the molecule is CN1C(=O)N(Cc2ccco2)CC1CCC(=O)O. The minimum Gasteiger partial charge on any atom is -0.481 e. The summed E-state index contributed by atoms with van der Waals surface area (Å²) in [5.74, 6) is -0.101. The summed E-state index contributed by atoms with van der Waals surface area (Å²) in [5.41, 5.74) is 0. The van der Waals surface area contributed by atoms with E-state index in [0.717, 1.165) is 5.76 Å². The highest BCUT2D eigenvalue weighted by Crippen LogP contribution is 2.20. The van der Waals surface area contributed by atoms with Gasteiger partial charge in [-0.15, -0.1) is 0 Å². The van der Waals surface area contributed by atoms with Crippen molar-refractivity contribution in [2.45, 2.75) is 25.4 Å². The molecule has 1 aliphatic rings. The molecule has 2 rings (SSSR count). The molecule has 0 aliphatic carbocycles. The van der Waals surface area contributed by atoms with Crippen LogP contribution in [0.4, 0.5) is 4.79 Å². The Morgan fingerprint density at radius 1 is 1.61 bits per heavy atom. The van der Waals surface area contributed by atoms with Crippen molar-refractivity contribution in [1.82, 2.24) is 9.80 Å². The fraction of sp³-hybridized carbons (Fsp3) is 0.500. The zero-order chi connectivity index (χ0) is 13.1. The normalized spacial score (nSPS) is 19.6. The topological polar surface area (TPSA) is 74.0 Å². The zero-order valence-corrected chi connectivity index (χ0v) is 10.2. The van der Waals surface area contributed by atoms with Crippen LogP contribution in [-0.2, 0) is 11.3 Å². The van der Waals surface area contributed by atoms with E-state index >= 15 is 0 Å². The van der Waals surface area contributed by atoms with Gasteiger partial charge in [0.15, 0.2) is 0 Å². The van der Waals surface area contributed by atoms with Crippen molar-refractivity contribution in [3.8, 4) is 0 Å². The molecule has 0 radical (unpaired) electrons. The molecule has 18 heavy (non-hydrogen) atoms. The minimum atomic E-state index is -0.833. The summed E-state index contributed by atoms with van der Waals surface area (Å²) in [6.45, 7) is 0.975. The molecule has 1 atom stereocenters. The van der Waals surface area contributed by atoms with Crippen LogP contribution < -0.4 is 0 Å². The van der Waals surface area contributed by atoms with Crippen LogP contribution in [0, 0.1) is 0 Å². The van der Waals surface area contributed by atoms with Gasteiger partial charge < -0.3 is 19.3 Å². The smallest absolute Gasteiger partial charge is 0.320 e. The maximum absolute atomic E-state index is 11.9. The molecule has 1 aromatic rings. The van der Waals surface area contributed by atoms with E-state index in [-0.39, 0.29) is 18.5 Å². The molecule has 0 aromatic carbocycles. The number of urea groups is 1. The second-order valence-electron chi connectivity index (χ2n) is 4.44. The van der Waals surface area contributed by atoms with E-state index in [9.17, 15) is 9.59 Å². The lowest BCUT2D eigenvalue weighted by molar-refractivity contribution is -0.137. The fourth-order valence-electron chi connectivity index (χ4n) is 2.13.